The minimum absolute atomic E-state index is 0.200. The molecule has 0 aliphatic carbocycles. The molecule has 0 N–H and O–H groups in total. The second kappa shape index (κ2) is 8.81. The van der Waals surface area contributed by atoms with Gasteiger partial charge in [-0.2, -0.15) is 0 Å². The average Bonchev–Trinajstić information content (AvgIpc) is 3.33. The molecule has 2 aromatic carbocycles. The molecule has 4 rings (SSSR count). The van der Waals surface area contributed by atoms with E-state index in [1.807, 2.05) is 35.7 Å². The fourth-order valence-corrected chi connectivity index (χ4v) is 5.02. The SMILES string of the molecule is C=CCn1c(SCc2csc(N(C(C)=O)c3ccccc3F)n2)nc2ccccc21. The van der Waals surface area contributed by atoms with Gasteiger partial charge in [-0.05, 0) is 24.3 Å². The molecule has 0 aliphatic rings. The number of benzene rings is 2. The van der Waals surface area contributed by atoms with Crippen molar-refractivity contribution in [2.75, 3.05) is 4.90 Å². The van der Waals surface area contributed by atoms with E-state index in [-0.39, 0.29) is 11.6 Å². The van der Waals surface area contributed by atoms with Gasteiger partial charge in [-0.1, -0.05) is 42.1 Å². The molecule has 2 heterocycles. The second-order valence-corrected chi connectivity index (χ2v) is 8.28. The highest BCUT2D eigenvalue weighted by Gasteiger charge is 2.21. The van der Waals surface area contributed by atoms with Crippen LogP contribution in [0.4, 0.5) is 15.2 Å². The molecule has 0 saturated carbocycles. The first-order chi connectivity index (χ1) is 14.6. The lowest BCUT2D eigenvalue weighted by Gasteiger charge is -2.18. The Morgan fingerprint density at radius 1 is 1.23 bits per heavy atom. The van der Waals surface area contributed by atoms with Crippen LogP contribution in [0, 0.1) is 5.82 Å². The zero-order valence-electron chi connectivity index (χ0n) is 16.3. The van der Waals surface area contributed by atoms with Gasteiger partial charge in [-0.3, -0.25) is 9.69 Å². The maximum atomic E-state index is 14.2. The Bertz CT molecular complexity index is 1220. The summed E-state index contributed by atoms with van der Waals surface area (Å²) in [6.07, 6.45) is 1.85. The minimum atomic E-state index is -0.461. The van der Waals surface area contributed by atoms with Crippen molar-refractivity contribution in [3.63, 3.8) is 0 Å². The normalized spacial score (nSPS) is 11.0. The maximum Gasteiger partial charge on any atom is 0.230 e. The van der Waals surface area contributed by atoms with Crippen molar-refractivity contribution in [1.82, 2.24) is 14.5 Å². The van der Waals surface area contributed by atoms with Gasteiger partial charge >= 0.3 is 0 Å². The molecular weight excluding hydrogens is 419 g/mol. The lowest BCUT2D eigenvalue weighted by Crippen LogP contribution is -2.23. The molecule has 0 saturated heterocycles. The van der Waals surface area contributed by atoms with Gasteiger partial charge in [0.05, 0.1) is 22.4 Å². The number of hydrogen-bond donors (Lipinski definition) is 0. The van der Waals surface area contributed by atoms with Gasteiger partial charge in [-0.25, -0.2) is 14.4 Å². The highest BCUT2D eigenvalue weighted by molar-refractivity contribution is 7.98. The number of nitrogens with zero attached hydrogens (tertiary/aromatic N) is 4. The third kappa shape index (κ3) is 4.01. The topological polar surface area (TPSA) is 51.0 Å². The Balaban J connectivity index is 1.57. The Morgan fingerprint density at radius 3 is 2.77 bits per heavy atom. The molecule has 152 valence electrons. The first-order valence-corrected chi connectivity index (χ1v) is 11.1. The Labute approximate surface area is 181 Å². The zero-order valence-corrected chi connectivity index (χ0v) is 17.9. The Hall–Kier alpha value is -2.97. The predicted octanol–water partition coefficient (Wildman–Crippen LogP) is 5.79. The standard InChI is InChI=1S/C22H19FN4OS2/c1-3-12-26-20-11-7-5-9-18(20)25-21(26)29-13-16-14-30-22(24-16)27(15(2)28)19-10-6-4-8-17(19)23/h3-11,14H,1,12-13H2,2H3. The van der Waals surface area contributed by atoms with Crippen molar-refractivity contribution in [2.24, 2.45) is 0 Å². The summed E-state index contributed by atoms with van der Waals surface area (Å²) in [5, 5.41) is 3.21. The van der Waals surface area contributed by atoms with Crippen LogP contribution in [0.25, 0.3) is 11.0 Å². The predicted molar refractivity (Wildman–Crippen MR) is 121 cm³/mol. The number of anilines is 2. The van der Waals surface area contributed by atoms with Gasteiger partial charge in [0.15, 0.2) is 10.3 Å². The number of aromatic nitrogens is 3. The second-order valence-electron chi connectivity index (χ2n) is 6.50. The van der Waals surface area contributed by atoms with Crippen LogP contribution in [0.2, 0.25) is 0 Å². The largest absolute Gasteiger partial charge is 0.315 e. The quantitative estimate of drug-likeness (QED) is 0.270. The molecule has 0 fully saturated rings. The number of thioether (sulfide) groups is 1. The van der Waals surface area contributed by atoms with Gasteiger partial charge < -0.3 is 4.57 Å². The minimum Gasteiger partial charge on any atom is -0.315 e. The summed E-state index contributed by atoms with van der Waals surface area (Å²) in [6.45, 7) is 5.91. The van der Waals surface area contributed by atoms with E-state index in [1.54, 1.807) is 30.0 Å². The number of rotatable bonds is 7. The summed E-state index contributed by atoms with van der Waals surface area (Å²) in [7, 11) is 0. The van der Waals surface area contributed by atoms with Gasteiger partial charge in [-0.15, -0.1) is 17.9 Å². The highest BCUT2D eigenvalue weighted by Crippen LogP contribution is 2.33. The molecule has 5 nitrogen and oxygen atoms in total. The molecular formula is C22H19FN4OS2. The number of carbonyl (C=O) groups is 1. The van der Waals surface area contributed by atoms with Crippen molar-refractivity contribution >= 4 is 50.9 Å². The van der Waals surface area contributed by atoms with Gasteiger partial charge in [0.1, 0.15) is 5.82 Å². The van der Waals surface area contributed by atoms with Gasteiger partial charge in [0, 0.05) is 24.6 Å². The molecule has 1 amide bonds. The van der Waals surface area contributed by atoms with Gasteiger partial charge in [0.2, 0.25) is 5.91 Å². The zero-order chi connectivity index (χ0) is 21.1. The van der Waals surface area contributed by atoms with E-state index < -0.39 is 5.82 Å². The summed E-state index contributed by atoms with van der Waals surface area (Å²) in [5.41, 5.74) is 3.00. The number of fused-ring (bicyclic) bond motifs is 1. The van der Waals surface area contributed by atoms with Crippen molar-refractivity contribution in [1.29, 1.82) is 0 Å². The first-order valence-electron chi connectivity index (χ1n) is 9.27. The Kier molecular flexibility index (Phi) is 5.96. The molecule has 0 aliphatic heterocycles. The van der Waals surface area contributed by atoms with Crippen LogP contribution in [0.3, 0.4) is 0 Å². The number of thiazole rings is 1. The number of imidazole rings is 1. The van der Waals surface area contributed by atoms with Crippen LogP contribution in [-0.4, -0.2) is 20.4 Å². The summed E-state index contributed by atoms with van der Waals surface area (Å²) in [5.74, 6) is -0.168. The van der Waals surface area contributed by atoms with Crippen molar-refractivity contribution < 1.29 is 9.18 Å². The number of amides is 1. The van der Waals surface area contributed by atoms with Crippen LogP contribution >= 0.6 is 23.1 Å². The highest BCUT2D eigenvalue weighted by atomic mass is 32.2. The van der Waals surface area contributed by atoms with E-state index in [0.29, 0.717) is 17.4 Å². The molecule has 0 unspecified atom stereocenters. The van der Waals surface area contributed by atoms with E-state index in [1.165, 1.54) is 29.2 Å². The smallest absolute Gasteiger partial charge is 0.230 e. The van der Waals surface area contributed by atoms with Crippen LogP contribution < -0.4 is 4.90 Å². The van der Waals surface area contributed by atoms with E-state index >= 15 is 0 Å². The van der Waals surface area contributed by atoms with Crippen LogP contribution in [0.5, 0.6) is 0 Å². The molecule has 0 atom stereocenters. The summed E-state index contributed by atoms with van der Waals surface area (Å²) < 4.78 is 16.4. The first kappa shape index (κ1) is 20.3. The van der Waals surface area contributed by atoms with E-state index in [9.17, 15) is 9.18 Å². The average molecular weight is 439 g/mol. The lowest BCUT2D eigenvalue weighted by molar-refractivity contribution is -0.115. The van der Waals surface area contributed by atoms with Crippen LogP contribution in [0.1, 0.15) is 12.6 Å². The van der Waals surface area contributed by atoms with Gasteiger partial charge in [0.25, 0.3) is 0 Å². The third-order valence-corrected chi connectivity index (χ3v) is 6.30. The number of para-hydroxylation sites is 3. The molecule has 8 heteroatoms. The van der Waals surface area contributed by atoms with Crippen molar-refractivity contribution in [3.8, 4) is 0 Å². The van der Waals surface area contributed by atoms with Crippen LogP contribution in [-0.2, 0) is 17.1 Å². The summed E-state index contributed by atoms with van der Waals surface area (Å²) in [4.78, 5) is 22.8. The number of halogens is 1. The van der Waals surface area contributed by atoms with E-state index in [2.05, 4.69) is 16.1 Å². The van der Waals surface area contributed by atoms with Crippen molar-refractivity contribution in [2.45, 2.75) is 24.4 Å². The molecule has 30 heavy (non-hydrogen) atoms. The van der Waals surface area contributed by atoms with E-state index in [4.69, 9.17) is 4.98 Å². The lowest BCUT2D eigenvalue weighted by atomic mass is 10.3. The third-order valence-electron chi connectivity index (χ3n) is 4.42. The molecule has 0 bridgehead atoms. The number of carbonyl (C=O) groups excluding carboxylic acids is 1. The van der Waals surface area contributed by atoms with Crippen LogP contribution in [0.15, 0.2) is 71.7 Å². The molecule has 0 spiro atoms. The van der Waals surface area contributed by atoms with E-state index in [0.717, 1.165) is 21.9 Å². The maximum absolute atomic E-state index is 14.2. The fraction of sp³-hybridized carbons (Fsp3) is 0.136. The molecule has 0 radical (unpaired) electrons. The fourth-order valence-electron chi connectivity index (χ4n) is 3.11. The summed E-state index contributed by atoms with van der Waals surface area (Å²) in [6, 6.07) is 14.2. The number of hydrogen-bond acceptors (Lipinski definition) is 5. The molecule has 4 aromatic rings. The Morgan fingerprint density at radius 2 is 2.00 bits per heavy atom. The monoisotopic (exact) mass is 438 g/mol. The molecule has 2 aromatic heterocycles. The van der Waals surface area contributed by atoms with Crippen molar-refractivity contribution in [3.05, 3.63) is 78.1 Å². The summed E-state index contributed by atoms with van der Waals surface area (Å²) >= 11 is 2.88. The number of allylic oxidation sites excluding steroid dienone is 1.